The number of carbonyl (C=O) groups is 3. The van der Waals surface area contributed by atoms with Crippen LogP contribution in [0.2, 0.25) is 0 Å². The van der Waals surface area contributed by atoms with Gasteiger partial charge in [0.15, 0.2) is 5.69 Å². The van der Waals surface area contributed by atoms with Gasteiger partial charge in [-0.1, -0.05) is 11.3 Å². The molecular weight excluding hydrogens is 355 g/mol. The lowest BCUT2D eigenvalue weighted by Crippen LogP contribution is -2.49. The molecule has 1 atom stereocenters. The number of carboxylic acids is 2. The quantitative estimate of drug-likeness (QED) is 0.346. The molecule has 0 unspecified atom stereocenters. The highest BCUT2D eigenvalue weighted by Crippen LogP contribution is 2.10. The average Bonchev–Trinajstić information content (AvgIpc) is 3.15. The first-order chi connectivity index (χ1) is 11.8. The Morgan fingerprint density at radius 1 is 1.28 bits per heavy atom. The van der Waals surface area contributed by atoms with Gasteiger partial charge in [-0.3, -0.25) is 4.79 Å². The van der Waals surface area contributed by atoms with Crippen molar-refractivity contribution in [1.29, 1.82) is 0 Å². The fraction of sp³-hybridized carbons (Fsp3) is 0.250. The Morgan fingerprint density at radius 3 is 2.52 bits per heavy atom. The SMILES string of the molecule is O=C(Cc1cccs1)N[C@@H](Cn1nnc(C(=O)O)c1C(=O)O)B(O)O. The van der Waals surface area contributed by atoms with Crippen molar-refractivity contribution in [2.75, 3.05) is 0 Å². The molecule has 0 fully saturated rings. The molecule has 0 aliphatic carbocycles. The fourth-order valence-corrected chi connectivity index (χ4v) is 2.73. The van der Waals surface area contributed by atoms with Gasteiger partial charge in [-0.25, -0.2) is 14.3 Å². The van der Waals surface area contributed by atoms with E-state index in [-0.39, 0.29) is 6.42 Å². The van der Waals surface area contributed by atoms with Crippen LogP contribution < -0.4 is 5.32 Å². The number of nitrogens with zero attached hydrogens (tertiary/aromatic N) is 3. The highest BCUT2D eigenvalue weighted by Gasteiger charge is 2.31. The lowest BCUT2D eigenvalue weighted by atomic mass is 9.79. The predicted molar refractivity (Wildman–Crippen MR) is 84.1 cm³/mol. The number of hydrogen-bond acceptors (Lipinski definition) is 8. The second-order valence-corrected chi connectivity index (χ2v) is 5.96. The van der Waals surface area contributed by atoms with Crippen molar-refractivity contribution in [3.63, 3.8) is 0 Å². The molecule has 0 aliphatic rings. The number of hydrogen-bond donors (Lipinski definition) is 5. The molecule has 5 N–H and O–H groups in total. The molecular formula is C12H13BN4O7S. The van der Waals surface area contributed by atoms with Crippen molar-refractivity contribution >= 4 is 36.3 Å². The number of amides is 1. The number of carboxylic acid groups (broad SMARTS) is 2. The molecule has 0 aliphatic heterocycles. The number of thiophene rings is 1. The van der Waals surface area contributed by atoms with E-state index >= 15 is 0 Å². The monoisotopic (exact) mass is 368 g/mol. The Hall–Kier alpha value is -2.77. The molecule has 2 rings (SSSR count). The van der Waals surface area contributed by atoms with Gasteiger partial charge in [0.1, 0.15) is 0 Å². The van der Waals surface area contributed by atoms with E-state index in [0.717, 1.165) is 4.88 Å². The van der Waals surface area contributed by atoms with E-state index in [1.807, 2.05) is 0 Å². The number of aromatic carboxylic acids is 2. The zero-order valence-electron chi connectivity index (χ0n) is 12.6. The first kappa shape index (κ1) is 18.6. The van der Waals surface area contributed by atoms with Crippen LogP contribution in [0.5, 0.6) is 0 Å². The fourth-order valence-electron chi connectivity index (χ4n) is 2.03. The third kappa shape index (κ3) is 4.62. The van der Waals surface area contributed by atoms with Crippen molar-refractivity contribution in [3.8, 4) is 0 Å². The van der Waals surface area contributed by atoms with Gasteiger partial charge in [0.2, 0.25) is 11.6 Å². The van der Waals surface area contributed by atoms with Gasteiger partial charge >= 0.3 is 19.1 Å². The number of aromatic nitrogens is 3. The van der Waals surface area contributed by atoms with Gasteiger partial charge in [0.05, 0.1) is 18.9 Å². The second-order valence-electron chi connectivity index (χ2n) is 4.92. The Balaban J connectivity index is 2.15. The molecule has 25 heavy (non-hydrogen) atoms. The summed E-state index contributed by atoms with van der Waals surface area (Å²) in [5, 5.41) is 47.6. The molecule has 2 heterocycles. The summed E-state index contributed by atoms with van der Waals surface area (Å²) < 4.78 is 0.682. The van der Waals surface area contributed by atoms with Crippen LogP contribution >= 0.6 is 11.3 Å². The lowest BCUT2D eigenvalue weighted by Gasteiger charge is -2.18. The van der Waals surface area contributed by atoms with Gasteiger partial charge in [-0.05, 0) is 11.4 Å². The maximum absolute atomic E-state index is 12.0. The van der Waals surface area contributed by atoms with E-state index < -0.39 is 48.8 Å². The molecule has 2 aromatic heterocycles. The largest absolute Gasteiger partial charge is 0.477 e. The van der Waals surface area contributed by atoms with Crippen molar-refractivity contribution in [3.05, 3.63) is 33.8 Å². The van der Waals surface area contributed by atoms with Crippen LogP contribution in [0.15, 0.2) is 17.5 Å². The van der Waals surface area contributed by atoms with Crippen LogP contribution in [0.4, 0.5) is 0 Å². The second kappa shape index (κ2) is 7.87. The molecule has 11 nitrogen and oxygen atoms in total. The lowest BCUT2D eigenvalue weighted by molar-refractivity contribution is -0.120. The molecule has 0 saturated heterocycles. The summed E-state index contributed by atoms with van der Waals surface area (Å²) in [4.78, 5) is 34.9. The van der Waals surface area contributed by atoms with E-state index in [1.54, 1.807) is 17.5 Å². The Kier molecular flexibility index (Phi) is 5.85. The van der Waals surface area contributed by atoms with E-state index in [9.17, 15) is 24.4 Å². The number of carbonyl (C=O) groups excluding carboxylic acids is 1. The molecule has 13 heteroatoms. The molecule has 0 radical (unpaired) electrons. The maximum Gasteiger partial charge on any atom is 0.477 e. The van der Waals surface area contributed by atoms with Crippen molar-refractivity contribution in [2.24, 2.45) is 0 Å². The average molecular weight is 368 g/mol. The van der Waals surface area contributed by atoms with E-state index in [2.05, 4.69) is 15.6 Å². The summed E-state index contributed by atoms with van der Waals surface area (Å²) in [6.45, 7) is -0.490. The van der Waals surface area contributed by atoms with Crippen LogP contribution in [-0.2, 0) is 17.8 Å². The van der Waals surface area contributed by atoms with Crippen molar-refractivity contribution in [1.82, 2.24) is 20.3 Å². The highest BCUT2D eigenvalue weighted by molar-refractivity contribution is 7.10. The van der Waals surface area contributed by atoms with E-state index in [4.69, 9.17) is 10.2 Å². The van der Waals surface area contributed by atoms with Gasteiger partial charge in [-0.15, -0.1) is 16.4 Å². The normalized spacial score (nSPS) is 11.8. The van der Waals surface area contributed by atoms with Crippen molar-refractivity contribution in [2.45, 2.75) is 18.9 Å². The molecule has 0 aromatic carbocycles. The molecule has 0 saturated carbocycles. The predicted octanol–water partition coefficient (Wildman–Crippen LogP) is -1.52. The van der Waals surface area contributed by atoms with Crippen LogP contribution in [0.1, 0.15) is 25.9 Å². The number of rotatable bonds is 8. The van der Waals surface area contributed by atoms with Crippen LogP contribution in [0.3, 0.4) is 0 Å². The Bertz CT molecular complexity index is 777. The summed E-state index contributed by atoms with van der Waals surface area (Å²) in [5.41, 5.74) is -1.52. The summed E-state index contributed by atoms with van der Waals surface area (Å²) in [6, 6.07) is 3.49. The minimum Gasteiger partial charge on any atom is -0.476 e. The molecule has 1 amide bonds. The van der Waals surface area contributed by atoms with Crippen LogP contribution in [0.25, 0.3) is 0 Å². The summed E-state index contributed by atoms with van der Waals surface area (Å²) in [7, 11) is -2.02. The first-order valence-corrected chi connectivity index (χ1v) is 7.75. The van der Waals surface area contributed by atoms with E-state index in [0.29, 0.717) is 4.68 Å². The molecule has 132 valence electrons. The van der Waals surface area contributed by atoms with Crippen molar-refractivity contribution < 1.29 is 34.6 Å². The topological polar surface area (TPSA) is 175 Å². The zero-order chi connectivity index (χ0) is 18.6. The first-order valence-electron chi connectivity index (χ1n) is 6.87. The standard InChI is InChI=1S/C12H13BN4O7S/c18-8(4-6-2-1-3-25-6)14-7(13(23)24)5-17-10(12(21)22)9(11(19)20)15-16-17/h1-3,7,23-24H,4-5H2,(H,14,18)(H,19,20)(H,21,22)/t7-/m0/s1. The zero-order valence-corrected chi connectivity index (χ0v) is 13.4. The van der Waals surface area contributed by atoms with Crippen LogP contribution in [0, 0.1) is 0 Å². The van der Waals surface area contributed by atoms with Gasteiger partial charge < -0.3 is 25.6 Å². The summed E-state index contributed by atoms with van der Waals surface area (Å²) >= 11 is 1.35. The molecule has 2 aromatic rings. The minimum absolute atomic E-state index is 0.00437. The maximum atomic E-state index is 12.0. The third-order valence-corrected chi connectivity index (χ3v) is 4.01. The molecule has 0 bridgehead atoms. The van der Waals surface area contributed by atoms with Gasteiger partial charge in [-0.2, -0.15) is 0 Å². The van der Waals surface area contributed by atoms with Crippen LogP contribution in [-0.4, -0.2) is 66.2 Å². The Labute approximate surface area is 144 Å². The third-order valence-electron chi connectivity index (χ3n) is 3.13. The summed E-state index contributed by atoms with van der Waals surface area (Å²) in [5.74, 6) is -5.02. The van der Waals surface area contributed by atoms with Gasteiger partial charge in [0, 0.05) is 4.88 Å². The Morgan fingerprint density at radius 2 is 2.00 bits per heavy atom. The van der Waals surface area contributed by atoms with Gasteiger partial charge in [0.25, 0.3) is 0 Å². The summed E-state index contributed by atoms with van der Waals surface area (Å²) in [6.07, 6.45) is 0.00437. The minimum atomic E-state index is -2.02. The molecule has 0 spiro atoms. The smallest absolute Gasteiger partial charge is 0.476 e. The number of nitrogens with one attached hydrogen (secondary N) is 1. The van der Waals surface area contributed by atoms with E-state index in [1.165, 1.54) is 11.3 Å². The highest BCUT2D eigenvalue weighted by atomic mass is 32.1.